The minimum Gasteiger partial charge on any atom is -0.465 e. The third-order valence-corrected chi connectivity index (χ3v) is 6.86. The Bertz CT molecular complexity index is 1040. The summed E-state index contributed by atoms with van der Waals surface area (Å²) in [5.41, 5.74) is 4.51. The standard InChI is InChI=1S/C24H28N4O2/c1-30-23(29)19-4-2-18(3-5-19)16-28-13-7-20-21(6-11-26-22(20)28)27-14-9-24(10-15-27)8-12-25-17-24/h2-7,11,13,25H,8-10,12,14-17H2,1H3. The lowest BCUT2D eigenvalue weighted by Gasteiger charge is -2.40. The zero-order chi connectivity index (χ0) is 20.6. The molecule has 4 heterocycles. The predicted octanol–water partition coefficient (Wildman–Crippen LogP) is 3.45. The van der Waals surface area contributed by atoms with E-state index < -0.39 is 0 Å². The number of nitrogens with one attached hydrogen (secondary N) is 1. The van der Waals surface area contributed by atoms with Crippen molar-refractivity contribution in [1.82, 2.24) is 14.9 Å². The molecule has 0 radical (unpaired) electrons. The van der Waals surface area contributed by atoms with Gasteiger partial charge in [0.05, 0.1) is 12.7 Å². The molecule has 2 aliphatic heterocycles. The smallest absolute Gasteiger partial charge is 0.337 e. The SMILES string of the molecule is COC(=O)c1ccc(Cn2ccc3c(N4CCC5(CCNC5)CC4)ccnc32)cc1. The molecule has 1 spiro atoms. The van der Waals surface area contributed by atoms with Gasteiger partial charge in [-0.25, -0.2) is 9.78 Å². The van der Waals surface area contributed by atoms with E-state index in [0.717, 1.165) is 30.8 Å². The number of fused-ring (bicyclic) bond motifs is 1. The van der Waals surface area contributed by atoms with Crippen LogP contribution in [0.4, 0.5) is 5.69 Å². The maximum absolute atomic E-state index is 11.6. The van der Waals surface area contributed by atoms with Gasteiger partial charge in [0.2, 0.25) is 0 Å². The molecular weight excluding hydrogens is 376 g/mol. The number of ether oxygens (including phenoxy) is 1. The number of benzene rings is 1. The molecule has 2 aromatic heterocycles. The van der Waals surface area contributed by atoms with Crippen LogP contribution in [0.2, 0.25) is 0 Å². The Morgan fingerprint density at radius 1 is 1.13 bits per heavy atom. The van der Waals surface area contributed by atoms with Gasteiger partial charge in [0.15, 0.2) is 0 Å². The van der Waals surface area contributed by atoms with Crippen LogP contribution >= 0.6 is 0 Å². The molecule has 0 bridgehead atoms. The Hall–Kier alpha value is -2.86. The molecule has 0 saturated carbocycles. The Labute approximate surface area is 176 Å². The highest BCUT2D eigenvalue weighted by atomic mass is 16.5. The van der Waals surface area contributed by atoms with Crippen LogP contribution in [0.3, 0.4) is 0 Å². The van der Waals surface area contributed by atoms with Crippen LogP contribution in [0, 0.1) is 5.41 Å². The van der Waals surface area contributed by atoms with Crippen molar-refractivity contribution in [3.05, 3.63) is 59.9 Å². The second-order valence-corrected chi connectivity index (χ2v) is 8.61. The molecule has 0 aliphatic carbocycles. The van der Waals surface area contributed by atoms with Crippen molar-refractivity contribution < 1.29 is 9.53 Å². The number of rotatable bonds is 4. The summed E-state index contributed by atoms with van der Waals surface area (Å²) in [4.78, 5) is 18.8. The number of nitrogens with zero attached hydrogens (tertiary/aromatic N) is 3. The highest BCUT2D eigenvalue weighted by Crippen LogP contribution is 2.39. The van der Waals surface area contributed by atoms with Gasteiger partial charge >= 0.3 is 5.97 Å². The van der Waals surface area contributed by atoms with Gasteiger partial charge in [-0.1, -0.05) is 12.1 Å². The summed E-state index contributed by atoms with van der Waals surface area (Å²) in [7, 11) is 1.40. The molecular formula is C24H28N4O2. The first-order chi connectivity index (χ1) is 14.7. The molecule has 0 atom stereocenters. The van der Waals surface area contributed by atoms with E-state index >= 15 is 0 Å². The number of methoxy groups -OCH3 is 1. The number of pyridine rings is 1. The number of esters is 1. The molecule has 2 aliphatic rings. The molecule has 156 valence electrons. The summed E-state index contributed by atoms with van der Waals surface area (Å²) in [6.07, 6.45) is 7.88. The van der Waals surface area contributed by atoms with Crippen molar-refractivity contribution in [2.45, 2.75) is 25.8 Å². The van der Waals surface area contributed by atoms with Crippen molar-refractivity contribution in [2.75, 3.05) is 38.2 Å². The highest BCUT2D eigenvalue weighted by molar-refractivity contribution is 5.90. The van der Waals surface area contributed by atoms with Crippen LogP contribution in [0.1, 0.15) is 35.2 Å². The average Bonchev–Trinajstić information content (AvgIpc) is 3.42. The summed E-state index contributed by atoms with van der Waals surface area (Å²) < 4.78 is 6.96. The monoisotopic (exact) mass is 404 g/mol. The van der Waals surface area contributed by atoms with Crippen LogP contribution in [0.25, 0.3) is 11.0 Å². The lowest BCUT2D eigenvalue weighted by atomic mass is 9.77. The zero-order valence-electron chi connectivity index (χ0n) is 17.4. The van der Waals surface area contributed by atoms with Crippen molar-refractivity contribution in [3.8, 4) is 0 Å². The third-order valence-electron chi connectivity index (χ3n) is 6.86. The molecule has 2 saturated heterocycles. The van der Waals surface area contributed by atoms with E-state index in [1.807, 2.05) is 30.5 Å². The first-order valence-corrected chi connectivity index (χ1v) is 10.7. The van der Waals surface area contributed by atoms with Crippen molar-refractivity contribution in [3.63, 3.8) is 0 Å². The fourth-order valence-corrected chi connectivity index (χ4v) is 4.98. The fraction of sp³-hybridized carbons (Fsp3) is 0.417. The van der Waals surface area contributed by atoms with Crippen molar-refractivity contribution >= 4 is 22.7 Å². The third kappa shape index (κ3) is 3.45. The Balaban J connectivity index is 1.35. The number of anilines is 1. The summed E-state index contributed by atoms with van der Waals surface area (Å²) in [5, 5.41) is 4.76. The van der Waals surface area contributed by atoms with Crippen LogP contribution in [0.15, 0.2) is 48.8 Å². The number of hydrogen-bond acceptors (Lipinski definition) is 5. The van der Waals surface area contributed by atoms with E-state index in [1.165, 1.54) is 50.5 Å². The minimum atomic E-state index is -0.309. The topological polar surface area (TPSA) is 59.4 Å². The first-order valence-electron chi connectivity index (χ1n) is 10.7. The Morgan fingerprint density at radius 2 is 1.93 bits per heavy atom. The minimum absolute atomic E-state index is 0.309. The van der Waals surface area contributed by atoms with Crippen molar-refractivity contribution in [1.29, 1.82) is 0 Å². The summed E-state index contributed by atoms with van der Waals surface area (Å²) in [6, 6.07) is 11.9. The Morgan fingerprint density at radius 3 is 2.63 bits per heavy atom. The number of hydrogen-bond donors (Lipinski definition) is 1. The van der Waals surface area contributed by atoms with Gasteiger partial charge in [0, 0.05) is 49.6 Å². The quantitative estimate of drug-likeness (QED) is 0.675. The van der Waals surface area contributed by atoms with Crippen LogP contribution in [-0.2, 0) is 11.3 Å². The van der Waals surface area contributed by atoms with E-state index in [4.69, 9.17) is 4.74 Å². The molecule has 6 nitrogen and oxygen atoms in total. The lowest BCUT2D eigenvalue weighted by molar-refractivity contribution is 0.0600. The maximum Gasteiger partial charge on any atom is 0.337 e. The van der Waals surface area contributed by atoms with Gasteiger partial charge in [0.1, 0.15) is 5.65 Å². The number of aromatic nitrogens is 2. The molecule has 1 N–H and O–H groups in total. The van der Waals surface area contributed by atoms with Gasteiger partial charge in [-0.3, -0.25) is 0 Å². The van der Waals surface area contributed by atoms with E-state index in [9.17, 15) is 4.79 Å². The predicted molar refractivity (Wildman–Crippen MR) is 118 cm³/mol. The number of carbonyl (C=O) groups is 1. The van der Waals surface area contributed by atoms with Crippen LogP contribution in [-0.4, -0.2) is 48.8 Å². The van der Waals surface area contributed by atoms with Crippen LogP contribution in [0.5, 0.6) is 0 Å². The van der Waals surface area contributed by atoms with Gasteiger partial charge in [-0.05, 0) is 61.1 Å². The molecule has 0 amide bonds. The molecule has 1 aromatic carbocycles. The van der Waals surface area contributed by atoms with Crippen LogP contribution < -0.4 is 10.2 Å². The summed E-state index contributed by atoms with van der Waals surface area (Å²) >= 11 is 0. The molecule has 30 heavy (non-hydrogen) atoms. The normalized spacial score (nSPS) is 18.2. The number of carbonyl (C=O) groups excluding carboxylic acids is 1. The fourth-order valence-electron chi connectivity index (χ4n) is 4.98. The van der Waals surface area contributed by atoms with Gasteiger partial charge < -0.3 is 19.5 Å². The average molecular weight is 405 g/mol. The molecule has 3 aromatic rings. The largest absolute Gasteiger partial charge is 0.465 e. The molecule has 2 fully saturated rings. The zero-order valence-corrected chi connectivity index (χ0v) is 17.4. The first kappa shape index (κ1) is 19.1. The van der Waals surface area contributed by atoms with Gasteiger partial charge in [-0.15, -0.1) is 0 Å². The van der Waals surface area contributed by atoms with E-state index in [-0.39, 0.29) is 5.97 Å². The molecule has 6 heteroatoms. The number of piperidine rings is 1. The Kier molecular flexibility index (Phi) is 4.95. The lowest BCUT2D eigenvalue weighted by Crippen LogP contribution is -2.41. The van der Waals surface area contributed by atoms with Gasteiger partial charge in [0.25, 0.3) is 0 Å². The summed E-state index contributed by atoms with van der Waals surface area (Å²) in [6.45, 7) is 5.29. The highest BCUT2D eigenvalue weighted by Gasteiger charge is 2.37. The van der Waals surface area contributed by atoms with Gasteiger partial charge in [-0.2, -0.15) is 0 Å². The maximum atomic E-state index is 11.6. The summed E-state index contributed by atoms with van der Waals surface area (Å²) in [5.74, 6) is -0.309. The van der Waals surface area contributed by atoms with E-state index in [2.05, 4.69) is 38.1 Å². The molecule has 0 unspecified atom stereocenters. The van der Waals surface area contributed by atoms with Crippen molar-refractivity contribution in [2.24, 2.45) is 5.41 Å². The second-order valence-electron chi connectivity index (χ2n) is 8.61. The molecule has 5 rings (SSSR count). The van der Waals surface area contributed by atoms with E-state index in [1.54, 1.807) is 0 Å². The van der Waals surface area contributed by atoms with E-state index in [0.29, 0.717) is 11.0 Å². The second kappa shape index (κ2) is 7.76.